The molecule has 0 spiro atoms. The number of nitrogens with one attached hydrogen (secondary N) is 2. The molecule has 1 fully saturated rings. The van der Waals surface area contributed by atoms with E-state index in [1.165, 1.54) is 0 Å². The van der Waals surface area contributed by atoms with Crippen molar-refractivity contribution in [3.63, 3.8) is 0 Å². The van der Waals surface area contributed by atoms with Crippen LogP contribution in [0.3, 0.4) is 0 Å². The highest BCUT2D eigenvalue weighted by molar-refractivity contribution is 6.05. The Labute approximate surface area is 180 Å². The van der Waals surface area contributed by atoms with E-state index in [2.05, 4.69) is 21.3 Å². The van der Waals surface area contributed by atoms with Gasteiger partial charge in [0.2, 0.25) is 5.91 Å². The Morgan fingerprint density at radius 3 is 2.52 bits per heavy atom. The van der Waals surface area contributed by atoms with Crippen molar-refractivity contribution in [1.82, 2.24) is 14.8 Å². The molecule has 0 saturated carbocycles. The van der Waals surface area contributed by atoms with Crippen LogP contribution in [-0.2, 0) is 11.3 Å². The van der Waals surface area contributed by atoms with Crippen LogP contribution in [-0.4, -0.2) is 33.9 Å². The Balaban J connectivity index is 1.55. The minimum Gasteiger partial charge on any atom is -0.329 e. The van der Waals surface area contributed by atoms with Crippen LogP contribution in [0.25, 0.3) is 5.69 Å². The maximum atomic E-state index is 13.0. The zero-order chi connectivity index (χ0) is 22.1. The summed E-state index contributed by atoms with van der Waals surface area (Å²) in [5, 5.41) is 5.44. The molecule has 2 N–H and O–H groups in total. The van der Waals surface area contributed by atoms with Crippen molar-refractivity contribution in [2.24, 2.45) is 0 Å². The van der Waals surface area contributed by atoms with Crippen molar-refractivity contribution in [2.45, 2.75) is 27.3 Å². The average Bonchev–Trinajstić information content (AvgIpc) is 3.21. The Kier molecular flexibility index (Phi) is 5.33. The minimum atomic E-state index is -0.400. The van der Waals surface area contributed by atoms with Gasteiger partial charge in [-0.15, -0.1) is 0 Å². The van der Waals surface area contributed by atoms with E-state index in [0.29, 0.717) is 11.3 Å². The third-order valence-electron chi connectivity index (χ3n) is 5.40. The third kappa shape index (κ3) is 4.07. The van der Waals surface area contributed by atoms with Crippen LogP contribution in [0.2, 0.25) is 0 Å². The summed E-state index contributed by atoms with van der Waals surface area (Å²) in [7, 11) is 0. The molecule has 1 aliphatic rings. The molecule has 1 saturated heterocycles. The SMILES string of the molecule is Cc1cccc(-n2c(C)cc(C(=O)Nc3cccc(CN4C(=O)CNC4=O)c3)c2C)c1. The number of urea groups is 1. The molecule has 1 aromatic heterocycles. The molecule has 31 heavy (non-hydrogen) atoms. The fourth-order valence-electron chi connectivity index (χ4n) is 3.90. The van der Waals surface area contributed by atoms with Gasteiger partial charge in [-0.2, -0.15) is 0 Å². The lowest BCUT2D eigenvalue weighted by molar-refractivity contribution is -0.125. The van der Waals surface area contributed by atoms with Gasteiger partial charge in [-0.3, -0.25) is 14.5 Å². The lowest BCUT2D eigenvalue weighted by atomic mass is 10.1. The molecule has 4 amide bonds. The molecule has 158 valence electrons. The highest BCUT2D eigenvalue weighted by Crippen LogP contribution is 2.23. The Morgan fingerprint density at radius 2 is 1.81 bits per heavy atom. The van der Waals surface area contributed by atoms with E-state index in [4.69, 9.17) is 0 Å². The summed E-state index contributed by atoms with van der Waals surface area (Å²) in [5.41, 5.74) is 5.96. The first-order valence-electron chi connectivity index (χ1n) is 10.1. The van der Waals surface area contributed by atoms with Crippen LogP contribution in [0.4, 0.5) is 10.5 Å². The molecule has 2 aromatic carbocycles. The lowest BCUT2D eigenvalue weighted by Gasteiger charge is -2.13. The number of hydrogen-bond donors (Lipinski definition) is 2. The van der Waals surface area contributed by atoms with E-state index in [1.54, 1.807) is 18.2 Å². The molecule has 1 aliphatic heterocycles. The van der Waals surface area contributed by atoms with Gasteiger partial charge in [0.05, 0.1) is 18.7 Å². The van der Waals surface area contributed by atoms with Crippen LogP contribution >= 0.6 is 0 Å². The molecule has 0 unspecified atom stereocenters. The second-order valence-electron chi connectivity index (χ2n) is 7.75. The summed E-state index contributed by atoms with van der Waals surface area (Å²) in [6.07, 6.45) is 0. The number of imide groups is 1. The monoisotopic (exact) mass is 416 g/mol. The first-order chi connectivity index (χ1) is 14.8. The number of benzene rings is 2. The zero-order valence-electron chi connectivity index (χ0n) is 17.7. The summed E-state index contributed by atoms with van der Waals surface area (Å²) in [4.78, 5) is 37.8. The summed E-state index contributed by atoms with van der Waals surface area (Å²) in [6.45, 7) is 6.13. The van der Waals surface area contributed by atoms with Crippen LogP contribution in [0.5, 0.6) is 0 Å². The van der Waals surface area contributed by atoms with Gasteiger partial charge in [0.15, 0.2) is 0 Å². The lowest BCUT2D eigenvalue weighted by Crippen LogP contribution is -2.30. The number of hydrogen-bond acceptors (Lipinski definition) is 3. The van der Waals surface area contributed by atoms with E-state index < -0.39 is 6.03 Å². The Bertz CT molecular complexity index is 1180. The maximum absolute atomic E-state index is 13.0. The maximum Gasteiger partial charge on any atom is 0.324 e. The van der Waals surface area contributed by atoms with Gasteiger partial charge in [-0.05, 0) is 62.2 Å². The summed E-state index contributed by atoms with van der Waals surface area (Å²) in [6, 6.07) is 16.8. The number of carbonyl (C=O) groups is 3. The fraction of sp³-hybridized carbons (Fsp3) is 0.208. The molecule has 0 atom stereocenters. The molecule has 7 nitrogen and oxygen atoms in total. The van der Waals surface area contributed by atoms with E-state index in [-0.39, 0.29) is 24.9 Å². The van der Waals surface area contributed by atoms with Gasteiger partial charge >= 0.3 is 6.03 Å². The van der Waals surface area contributed by atoms with E-state index in [9.17, 15) is 14.4 Å². The highest BCUT2D eigenvalue weighted by Gasteiger charge is 2.28. The van der Waals surface area contributed by atoms with Crippen molar-refractivity contribution in [2.75, 3.05) is 11.9 Å². The van der Waals surface area contributed by atoms with Gasteiger partial charge in [0, 0.05) is 22.8 Å². The predicted molar refractivity (Wildman–Crippen MR) is 118 cm³/mol. The number of rotatable bonds is 5. The second-order valence-corrected chi connectivity index (χ2v) is 7.75. The van der Waals surface area contributed by atoms with Gasteiger partial charge in [0.1, 0.15) is 0 Å². The number of carbonyl (C=O) groups excluding carboxylic acids is 3. The van der Waals surface area contributed by atoms with Crippen molar-refractivity contribution < 1.29 is 14.4 Å². The quantitative estimate of drug-likeness (QED) is 0.622. The predicted octanol–water partition coefficient (Wildman–Crippen LogP) is 3.71. The van der Waals surface area contributed by atoms with E-state index in [1.807, 2.05) is 51.1 Å². The van der Waals surface area contributed by atoms with Crippen molar-refractivity contribution >= 4 is 23.5 Å². The van der Waals surface area contributed by atoms with Gasteiger partial charge in [0.25, 0.3) is 5.91 Å². The molecule has 0 aliphatic carbocycles. The molecule has 4 rings (SSSR count). The van der Waals surface area contributed by atoms with Gasteiger partial charge in [-0.1, -0.05) is 24.3 Å². The number of nitrogens with zero attached hydrogens (tertiary/aromatic N) is 2. The standard InChI is InChI=1S/C24H24N4O3/c1-15-6-4-9-20(10-15)28-16(2)11-21(17(28)3)23(30)26-19-8-5-7-18(12-19)14-27-22(29)13-25-24(27)31/h4-12H,13-14H2,1-3H3,(H,25,31)(H,26,30). The summed E-state index contributed by atoms with van der Waals surface area (Å²) >= 11 is 0. The van der Waals surface area contributed by atoms with Crippen LogP contribution in [0.1, 0.15) is 32.9 Å². The van der Waals surface area contributed by atoms with Crippen LogP contribution < -0.4 is 10.6 Å². The molecular formula is C24H24N4O3. The second kappa shape index (κ2) is 8.10. The summed E-state index contributed by atoms with van der Waals surface area (Å²) < 4.78 is 2.07. The molecule has 7 heteroatoms. The molecule has 0 radical (unpaired) electrons. The smallest absolute Gasteiger partial charge is 0.324 e. The topological polar surface area (TPSA) is 83.4 Å². The van der Waals surface area contributed by atoms with Gasteiger partial charge in [-0.25, -0.2) is 4.79 Å². The Morgan fingerprint density at radius 1 is 1.03 bits per heavy atom. The highest BCUT2D eigenvalue weighted by atomic mass is 16.2. The average molecular weight is 416 g/mol. The summed E-state index contributed by atoms with van der Waals surface area (Å²) in [5.74, 6) is -0.470. The largest absolute Gasteiger partial charge is 0.329 e. The van der Waals surface area contributed by atoms with E-state index in [0.717, 1.165) is 33.1 Å². The number of amides is 4. The Hall–Kier alpha value is -3.87. The molecule has 3 aromatic rings. The molecular weight excluding hydrogens is 392 g/mol. The first kappa shape index (κ1) is 20.4. The number of aromatic nitrogens is 1. The fourth-order valence-corrected chi connectivity index (χ4v) is 3.90. The number of aryl methyl sites for hydroxylation is 2. The van der Waals surface area contributed by atoms with Crippen molar-refractivity contribution in [3.05, 3.63) is 82.7 Å². The first-order valence-corrected chi connectivity index (χ1v) is 10.1. The van der Waals surface area contributed by atoms with Crippen LogP contribution in [0.15, 0.2) is 54.6 Å². The third-order valence-corrected chi connectivity index (χ3v) is 5.40. The van der Waals surface area contributed by atoms with Crippen LogP contribution in [0, 0.1) is 20.8 Å². The minimum absolute atomic E-state index is 0.0197. The zero-order valence-corrected chi connectivity index (χ0v) is 17.7. The van der Waals surface area contributed by atoms with E-state index >= 15 is 0 Å². The molecule has 0 bridgehead atoms. The normalized spacial score (nSPS) is 13.5. The molecule has 2 heterocycles. The van der Waals surface area contributed by atoms with Crippen molar-refractivity contribution in [3.8, 4) is 5.69 Å². The van der Waals surface area contributed by atoms with Crippen molar-refractivity contribution in [1.29, 1.82) is 0 Å². The van der Waals surface area contributed by atoms with Gasteiger partial charge < -0.3 is 15.2 Å². The number of anilines is 1.